The zero-order valence-corrected chi connectivity index (χ0v) is 12.0. The van der Waals surface area contributed by atoms with Crippen molar-refractivity contribution in [1.29, 1.82) is 0 Å². The second-order valence-electron chi connectivity index (χ2n) is 5.70. The van der Waals surface area contributed by atoms with Crippen LogP contribution in [0, 0.1) is 5.92 Å². The smallest absolute Gasteiger partial charge is 0.274 e. The van der Waals surface area contributed by atoms with E-state index in [1.54, 1.807) is 16.8 Å². The topological polar surface area (TPSA) is 50.5 Å². The molecule has 1 amide bonds. The van der Waals surface area contributed by atoms with Gasteiger partial charge in [0.2, 0.25) is 5.78 Å². The Balaban J connectivity index is 1.83. The SMILES string of the molecule is C[C@@H]1CCCC[C@@H]1N(C)C(=O)c1cn2cccnc2n1. The minimum Gasteiger partial charge on any atom is -0.337 e. The second kappa shape index (κ2) is 5.23. The summed E-state index contributed by atoms with van der Waals surface area (Å²) in [5, 5.41) is 0. The van der Waals surface area contributed by atoms with Gasteiger partial charge in [0.05, 0.1) is 0 Å². The van der Waals surface area contributed by atoms with Gasteiger partial charge < -0.3 is 4.90 Å². The van der Waals surface area contributed by atoms with E-state index < -0.39 is 0 Å². The van der Waals surface area contributed by atoms with Crippen LogP contribution in [0.25, 0.3) is 5.78 Å². The van der Waals surface area contributed by atoms with Gasteiger partial charge in [-0.3, -0.25) is 9.20 Å². The van der Waals surface area contributed by atoms with Gasteiger partial charge in [-0.1, -0.05) is 19.8 Å². The Morgan fingerprint density at radius 1 is 1.40 bits per heavy atom. The van der Waals surface area contributed by atoms with E-state index in [9.17, 15) is 4.79 Å². The van der Waals surface area contributed by atoms with Crippen LogP contribution in [0.3, 0.4) is 0 Å². The quantitative estimate of drug-likeness (QED) is 0.843. The summed E-state index contributed by atoms with van der Waals surface area (Å²) in [6.07, 6.45) is 10.1. The highest BCUT2D eigenvalue weighted by Gasteiger charge is 2.29. The number of hydrogen-bond acceptors (Lipinski definition) is 3. The number of fused-ring (bicyclic) bond motifs is 1. The maximum Gasteiger partial charge on any atom is 0.274 e. The van der Waals surface area contributed by atoms with E-state index in [-0.39, 0.29) is 5.91 Å². The molecule has 2 heterocycles. The number of imidazole rings is 1. The van der Waals surface area contributed by atoms with Gasteiger partial charge in [-0.2, -0.15) is 0 Å². The summed E-state index contributed by atoms with van der Waals surface area (Å²) in [5.74, 6) is 1.13. The van der Waals surface area contributed by atoms with Crippen LogP contribution in [0.4, 0.5) is 0 Å². The van der Waals surface area contributed by atoms with Gasteiger partial charge in [0.1, 0.15) is 5.69 Å². The van der Waals surface area contributed by atoms with Crippen molar-refractivity contribution < 1.29 is 4.79 Å². The van der Waals surface area contributed by atoms with Gasteiger partial charge >= 0.3 is 0 Å². The average Bonchev–Trinajstić information content (AvgIpc) is 2.90. The molecule has 5 heteroatoms. The first-order chi connectivity index (χ1) is 9.66. The van der Waals surface area contributed by atoms with Crippen LogP contribution in [0.1, 0.15) is 43.1 Å². The monoisotopic (exact) mass is 272 g/mol. The second-order valence-corrected chi connectivity index (χ2v) is 5.70. The van der Waals surface area contributed by atoms with Crippen molar-refractivity contribution in [3.05, 3.63) is 30.4 Å². The molecule has 2 aromatic rings. The van der Waals surface area contributed by atoms with Crippen molar-refractivity contribution in [3.63, 3.8) is 0 Å². The Hall–Kier alpha value is -1.91. The lowest BCUT2D eigenvalue weighted by Crippen LogP contribution is -2.42. The first kappa shape index (κ1) is 13.1. The van der Waals surface area contributed by atoms with E-state index in [2.05, 4.69) is 16.9 Å². The highest BCUT2D eigenvalue weighted by molar-refractivity contribution is 5.92. The molecule has 20 heavy (non-hydrogen) atoms. The molecule has 1 fully saturated rings. The first-order valence-electron chi connectivity index (χ1n) is 7.23. The van der Waals surface area contributed by atoms with Crippen molar-refractivity contribution in [2.24, 2.45) is 5.92 Å². The fraction of sp³-hybridized carbons (Fsp3) is 0.533. The molecule has 106 valence electrons. The summed E-state index contributed by atoms with van der Waals surface area (Å²) in [6.45, 7) is 2.23. The largest absolute Gasteiger partial charge is 0.337 e. The predicted molar refractivity (Wildman–Crippen MR) is 76.5 cm³/mol. The van der Waals surface area contributed by atoms with Crippen LogP contribution >= 0.6 is 0 Å². The molecule has 0 radical (unpaired) electrons. The van der Waals surface area contributed by atoms with E-state index in [0.717, 1.165) is 6.42 Å². The minimum absolute atomic E-state index is 0.00532. The lowest BCUT2D eigenvalue weighted by Gasteiger charge is -2.35. The number of carbonyl (C=O) groups excluding carboxylic acids is 1. The average molecular weight is 272 g/mol. The van der Waals surface area contributed by atoms with Crippen molar-refractivity contribution in [2.75, 3.05) is 7.05 Å². The third-order valence-electron chi connectivity index (χ3n) is 4.34. The Morgan fingerprint density at radius 2 is 2.20 bits per heavy atom. The lowest BCUT2D eigenvalue weighted by molar-refractivity contribution is 0.0623. The van der Waals surface area contributed by atoms with Crippen molar-refractivity contribution in [3.8, 4) is 0 Å². The molecule has 0 bridgehead atoms. The van der Waals surface area contributed by atoms with Crippen LogP contribution in [-0.2, 0) is 0 Å². The summed E-state index contributed by atoms with van der Waals surface area (Å²) in [6, 6.07) is 2.16. The van der Waals surface area contributed by atoms with E-state index >= 15 is 0 Å². The number of aromatic nitrogens is 3. The fourth-order valence-electron chi connectivity index (χ4n) is 3.14. The van der Waals surface area contributed by atoms with Crippen LogP contribution in [0.15, 0.2) is 24.7 Å². The third-order valence-corrected chi connectivity index (χ3v) is 4.34. The molecule has 2 aromatic heterocycles. The molecule has 0 N–H and O–H groups in total. The molecule has 0 spiro atoms. The number of carbonyl (C=O) groups is 1. The predicted octanol–water partition coefficient (Wildman–Crippen LogP) is 2.38. The maximum absolute atomic E-state index is 12.6. The highest BCUT2D eigenvalue weighted by Crippen LogP contribution is 2.28. The van der Waals surface area contributed by atoms with Gasteiger partial charge in [0.15, 0.2) is 0 Å². The van der Waals surface area contributed by atoms with Gasteiger partial charge in [-0.25, -0.2) is 9.97 Å². The van der Waals surface area contributed by atoms with Gasteiger partial charge in [0, 0.05) is 31.7 Å². The molecule has 1 aliphatic carbocycles. The summed E-state index contributed by atoms with van der Waals surface area (Å²) < 4.78 is 1.78. The zero-order chi connectivity index (χ0) is 14.1. The Bertz CT molecular complexity index is 588. The number of hydrogen-bond donors (Lipinski definition) is 0. The van der Waals surface area contributed by atoms with E-state index in [0.29, 0.717) is 23.4 Å². The van der Waals surface area contributed by atoms with Crippen LogP contribution in [-0.4, -0.2) is 38.3 Å². The standard InChI is InChI=1S/C15H20N4O/c1-11-6-3-4-7-13(11)18(2)14(20)12-10-19-9-5-8-16-15(19)17-12/h5,8-11,13H,3-4,6-7H2,1-2H3/t11-,13+/m1/s1. The molecule has 0 saturated heterocycles. The van der Waals surface area contributed by atoms with Crippen molar-refractivity contribution >= 4 is 11.7 Å². The van der Waals surface area contributed by atoms with Gasteiger partial charge in [-0.15, -0.1) is 0 Å². The third kappa shape index (κ3) is 2.28. The summed E-state index contributed by atoms with van der Waals surface area (Å²) in [4.78, 5) is 22.9. The summed E-state index contributed by atoms with van der Waals surface area (Å²) in [7, 11) is 1.90. The molecule has 1 saturated carbocycles. The van der Waals surface area contributed by atoms with Crippen LogP contribution in [0.5, 0.6) is 0 Å². The lowest BCUT2D eigenvalue weighted by atomic mass is 9.85. The van der Waals surface area contributed by atoms with Crippen LogP contribution in [0.2, 0.25) is 0 Å². The highest BCUT2D eigenvalue weighted by atomic mass is 16.2. The van der Waals surface area contributed by atoms with E-state index in [4.69, 9.17) is 0 Å². The number of rotatable bonds is 2. The molecule has 2 atom stereocenters. The molecule has 3 rings (SSSR count). The van der Waals surface area contributed by atoms with Crippen molar-refractivity contribution in [1.82, 2.24) is 19.3 Å². The van der Waals surface area contributed by atoms with Gasteiger partial charge in [0.25, 0.3) is 5.91 Å². The maximum atomic E-state index is 12.6. The zero-order valence-electron chi connectivity index (χ0n) is 12.0. The molecule has 0 unspecified atom stereocenters. The first-order valence-corrected chi connectivity index (χ1v) is 7.23. The van der Waals surface area contributed by atoms with Gasteiger partial charge in [-0.05, 0) is 24.8 Å². The molecule has 0 aromatic carbocycles. The molecule has 0 aliphatic heterocycles. The summed E-state index contributed by atoms with van der Waals surface area (Å²) in [5.41, 5.74) is 0.476. The summed E-state index contributed by atoms with van der Waals surface area (Å²) >= 11 is 0. The fourth-order valence-corrected chi connectivity index (χ4v) is 3.14. The van der Waals surface area contributed by atoms with Crippen molar-refractivity contribution in [2.45, 2.75) is 38.6 Å². The van der Waals surface area contributed by atoms with E-state index in [1.165, 1.54) is 19.3 Å². The Kier molecular flexibility index (Phi) is 3.42. The normalized spacial score (nSPS) is 22.9. The molecule has 1 aliphatic rings. The number of amides is 1. The minimum atomic E-state index is -0.00532. The van der Waals surface area contributed by atoms with E-state index in [1.807, 2.05) is 24.2 Å². The number of nitrogens with zero attached hydrogens (tertiary/aromatic N) is 4. The molecular formula is C15H20N4O. The molecule has 5 nitrogen and oxygen atoms in total. The Labute approximate surface area is 118 Å². The van der Waals surface area contributed by atoms with Crippen LogP contribution < -0.4 is 0 Å². The molecular weight excluding hydrogens is 252 g/mol. The Morgan fingerprint density at radius 3 is 2.95 bits per heavy atom.